The zero-order chi connectivity index (χ0) is 23.8. The van der Waals surface area contributed by atoms with Crippen LogP contribution in [0.25, 0.3) is 22.3 Å². The third-order valence-electron chi connectivity index (χ3n) is 6.68. The van der Waals surface area contributed by atoms with Gasteiger partial charge in [0.1, 0.15) is 29.7 Å². The van der Waals surface area contributed by atoms with E-state index < -0.39 is 17.4 Å². The van der Waals surface area contributed by atoms with Gasteiger partial charge in [0.2, 0.25) is 0 Å². The minimum Gasteiger partial charge on any atom is -0.507 e. The molecule has 0 spiro atoms. The number of benzene rings is 1. The number of hydrogen-bond donors (Lipinski definition) is 2. The van der Waals surface area contributed by atoms with E-state index in [9.17, 15) is 9.50 Å². The first-order chi connectivity index (χ1) is 16.4. The zero-order valence-corrected chi connectivity index (χ0v) is 19.3. The summed E-state index contributed by atoms with van der Waals surface area (Å²) in [6, 6.07) is 5.60. The molecule has 2 fully saturated rings. The number of nitrogens with zero attached hydrogens (tertiary/aromatic N) is 5. The molecule has 2 atom stereocenters. The molecule has 2 N–H and O–H groups in total. The highest BCUT2D eigenvalue weighted by molar-refractivity contribution is 5.90. The molecule has 2 unspecified atom stereocenters. The lowest BCUT2D eigenvalue weighted by Crippen LogP contribution is -2.50. The Balaban J connectivity index is 1.61. The van der Waals surface area contributed by atoms with Crippen molar-refractivity contribution in [1.82, 2.24) is 25.2 Å². The van der Waals surface area contributed by atoms with Crippen LogP contribution in [0.2, 0.25) is 0 Å². The van der Waals surface area contributed by atoms with Gasteiger partial charge in [-0.2, -0.15) is 9.97 Å². The van der Waals surface area contributed by atoms with E-state index >= 15 is 4.39 Å². The SMILES string of the molecule is CC1CNCCN1c1nc(OCC2CCCN2C)nc2nc(-c3c(O)cccc3F)c(F)cc12. The van der Waals surface area contributed by atoms with E-state index in [1.807, 2.05) is 0 Å². The minimum atomic E-state index is -0.767. The van der Waals surface area contributed by atoms with Crippen LogP contribution in [-0.4, -0.2) is 76.9 Å². The summed E-state index contributed by atoms with van der Waals surface area (Å²) >= 11 is 0. The van der Waals surface area contributed by atoms with Crippen LogP contribution in [0.15, 0.2) is 24.3 Å². The number of aromatic hydroxyl groups is 1. The number of nitrogens with one attached hydrogen (secondary N) is 1. The molecule has 4 heterocycles. The second-order valence-corrected chi connectivity index (χ2v) is 8.99. The normalized spacial score (nSPS) is 21.4. The first kappa shape index (κ1) is 22.7. The largest absolute Gasteiger partial charge is 0.507 e. The number of hydrogen-bond acceptors (Lipinski definition) is 8. The van der Waals surface area contributed by atoms with Crippen LogP contribution >= 0.6 is 0 Å². The Morgan fingerprint density at radius 3 is 2.76 bits per heavy atom. The number of ether oxygens (including phenoxy) is 1. The van der Waals surface area contributed by atoms with Crippen molar-refractivity contribution in [3.05, 3.63) is 35.9 Å². The van der Waals surface area contributed by atoms with Crippen LogP contribution < -0.4 is 15.0 Å². The summed E-state index contributed by atoms with van der Waals surface area (Å²) in [4.78, 5) is 17.8. The molecule has 0 saturated carbocycles. The molecule has 34 heavy (non-hydrogen) atoms. The van der Waals surface area contributed by atoms with E-state index in [-0.39, 0.29) is 35.0 Å². The summed E-state index contributed by atoms with van der Waals surface area (Å²) in [5.41, 5.74) is -0.417. The van der Waals surface area contributed by atoms with E-state index in [1.54, 1.807) is 0 Å². The number of pyridine rings is 1. The zero-order valence-electron chi connectivity index (χ0n) is 19.3. The van der Waals surface area contributed by atoms with Crippen molar-refractivity contribution in [2.75, 3.05) is 44.7 Å². The van der Waals surface area contributed by atoms with Crippen LogP contribution in [0.1, 0.15) is 19.8 Å². The number of rotatable bonds is 5. The molecule has 8 nitrogen and oxygen atoms in total. The summed E-state index contributed by atoms with van der Waals surface area (Å²) < 4.78 is 35.7. The first-order valence-corrected chi connectivity index (χ1v) is 11.6. The van der Waals surface area contributed by atoms with Crippen LogP contribution in [0.3, 0.4) is 0 Å². The molecule has 0 amide bonds. The molecule has 10 heteroatoms. The molecule has 0 radical (unpaired) electrons. The predicted molar refractivity (Wildman–Crippen MR) is 125 cm³/mol. The van der Waals surface area contributed by atoms with Gasteiger partial charge < -0.3 is 25.0 Å². The first-order valence-electron chi connectivity index (χ1n) is 11.6. The highest BCUT2D eigenvalue weighted by Crippen LogP contribution is 2.36. The molecule has 0 bridgehead atoms. The van der Waals surface area contributed by atoms with Crippen molar-refractivity contribution in [2.24, 2.45) is 0 Å². The molecule has 2 saturated heterocycles. The Hall–Kier alpha value is -3.11. The van der Waals surface area contributed by atoms with E-state index in [2.05, 4.69) is 44.0 Å². The van der Waals surface area contributed by atoms with Crippen molar-refractivity contribution in [1.29, 1.82) is 0 Å². The van der Waals surface area contributed by atoms with Gasteiger partial charge in [0.05, 0.1) is 10.9 Å². The second kappa shape index (κ2) is 9.27. The summed E-state index contributed by atoms with van der Waals surface area (Å²) in [6.07, 6.45) is 2.15. The average molecular weight is 471 g/mol. The third-order valence-corrected chi connectivity index (χ3v) is 6.68. The van der Waals surface area contributed by atoms with Gasteiger partial charge in [-0.3, -0.25) is 0 Å². The lowest BCUT2D eigenvalue weighted by molar-refractivity contribution is 0.188. The van der Waals surface area contributed by atoms with Crippen LogP contribution in [0.5, 0.6) is 11.8 Å². The highest BCUT2D eigenvalue weighted by Gasteiger charge is 2.27. The number of phenolic OH excluding ortho intramolecular Hbond substituents is 1. The van der Waals surface area contributed by atoms with E-state index in [4.69, 9.17) is 4.74 Å². The number of phenols is 1. The van der Waals surface area contributed by atoms with Gasteiger partial charge in [0.25, 0.3) is 0 Å². The Kier molecular flexibility index (Phi) is 6.18. The lowest BCUT2D eigenvalue weighted by Gasteiger charge is -2.35. The van der Waals surface area contributed by atoms with Crippen LogP contribution in [0, 0.1) is 11.6 Å². The molecule has 1 aromatic carbocycles. The molecule has 0 aliphatic carbocycles. The summed E-state index contributed by atoms with van der Waals surface area (Å²) in [5, 5.41) is 13.9. The van der Waals surface area contributed by atoms with Crippen LogP contribution in [-0.2, 0) is 0 Å². The van der Waals surface area contributed by atoms with Gasteiger partial charge in [-0.15, -0.1) is 0 Å². The Bertz CT molecular complexity index is 1190. The van der Waals surface area contributed by atoms with Gasteiger partial charge in [-0.25, -0.2) is 13.8 Å². The number of likely N-dealkylation sites (N-methyl/N-ethyl adjacent to an activating group) is 1. The smallest absolute Gasteiger partial charge is 0.320 e. The summed E-state index contributed by atoms with van der Waals surface area (Å²) in [6.45, 7) is 5.70. The van der Waals surface area contributed by atoms with Gasteiger partial charge >= 0.3 is 6.01 Å². The number of piperazine rings is 1. The van der Waals surface area contributed by atoms with Crippen molar-refractivity contribution in [3.8, 4) is 23.0 Å². The van der Waals surface area contributed by atoms with Gasteiger partial charge in [0.15, 0.2) is 11.5 Å². The van der Waals surface area contributed by atoms with E-state index in [0.717, 1.165) is 38.5 Å². The molecule has 5 rings (SSSR count). The minimum absolute atomic E-state index is 0.110. The molecule has 180 valence electrons. The van der Waals surface area contributed by atoms with Crippen molar-refractivity contribution in [3.63, 3.8) is 0 Å². The van der Waals surface area contributed by atoms with Gasteiger partial charge in [-0.1, -0.05) is 6.07 Å². The molecule has 2 aliphatic rings. The van der Waals surface area contributed by atoms with Crippen molar-refractivity contribution in [2.45, 2.75) is 31.8 Å². The van der Waals surface area contributed by atoms with Gasteiger partial charge in [0, 0.05) is 31.7 Å². The molecular weight excluding hydrogens is 442 g/mol. The monoisotopic (exact) mass is 470 g/mol. The average Bonchev–Trinajstić information content (AvgIpc) is 3.22. The molecule has 3 aromatic rings. The molecular formula is C24H28F2N6O2. The molecule has 2 aliphatic heterocycles. The van der Waals surface area contributed by atoms with Crippen molar-refractivity contribution >= 4 is 16.9 Å². The number of aromatic nitrogens is 3. The van der Waals surface area contributed by atoms with Gasteiger partial charge in [-0.05, 0) is 51.6 Å². The molecule has 2 aromatic heterocycles. The number of likely N-dealkylation sites (tertiary alicyclic amines) is 1. The number of fused-ring (bicyclic) bond motifs is 1. The topological polar surface area (TPSA) is 86.6 Å². The van der Waals surface area contributed by atoms with Crippen molar-refractivity contribution < 1.29 is 18.6 Å². The number of anilines is 1. The fourth-order valence-corrected chi connectivity index (χ4v) is 4.72. The fourth-order valence-electron chi connectivity index (χ4n) is 4.72. The maximum atomic E-state index is 15.2. The predicted octanol–water partition coefficient (Wildman–Crippen LogP) is 2.95. The fraction of sp³-hybridized carbons (Fsp3) is 0.458. The standard InChI is InChI=1S/C24H28F2N6O2/c1-14-12-27-8-10-32(14)23-16-11-18(26)21(20-17(25)6-3-7-19(20)33)28-22(16)29-24(30-23)34-13-15-5-4-9-31(15)2/h3,6-7,11,14-15,27,33H,4-5,8-10,12-13H2,1-2H3. The Morgan fingerprint density at radius 2 is 2.03 bits per heavy atom. The maximum absolute atomic E-state index is 15.2. The Morgan fingerprint density at radius 1 is 1.18 bits per heavy atom. The maximum Gasteiger partial charge on any atom is 0.320 e. The summed E-state index contributed by atoms with van der Waals surface area (Å²) in [5.74, 6) is -1.39. The second-order valence-electron chi connectivity index (χ2n) is 8.99. The number of halogens is 2. The van der Waals surface area contributed by atoms with E-state index in [1.165, 1.54) is 18.2 Å². The van der Waals surface area contributed by atoms with Crippen LogP contribution in [0.4, 0.5) is 14.6 Å². The van der Waals surface area contributed by atoms with E-state index in [0.29, 0.717) is 24.4 Å². The third kappa shape index (κ3) is 4.23. The lowest BCUT2D eigenvalue weighted by atomic mass is 10.1. The quantitative estimate of drug-likeness (QED) is 0.589. The Labute approximate surface area is 196 Å². The highest BCUT2D eigenvalue weighted by atomic mass is 19.1. The summed E-state index contributed by atoms with van der Waals surface area (Å²) in [7, 11) is 2.06.